The molecule has 0 radical (unpaired) electrons. The van der Waals surface area contributed by atoms with Crippen molar-refractivity contribution in [3.63, 3.8) is 0 Å². The standard InChI is InChI=1S/C12H15ClN4O/c1-8(6-14)7-17(2)12(18)10-5-9(13)3-4-11(10)16-15/h3-5,8,16H,7,15H2,1-2H3. The van der Waals surface area contributed by atoms with Gasteiger partial charge in [0.1, 0.15) is 0 Å². The Bertz CT molecular complexity index is 483. The summed E-state index contributed by atoms with van der Waals surface area (Å²) >= 11 is 5.86. The van der Waals surface area contributed by atoms with E-state index in [1.807, 2.05) is 0 Å². The molecule has 0 aromatic heterocycles. The summed E-state index contributed by atoms with van der Waals surface area (Å²) in [7, 11) is 1.64. The largest absolute Gasteiger partial charge is 0.340 e. The Labute approximate surface area is 111 Å². The van der Waals surface area contributed by atoms with Crippen molar-refractivity contribution in [2.45, 2.75) is 6.92 Å². The molecule has 0 fully saturated rings. The van der Waals surface area contributed by atoms with Gasteiger partial charge in [-0.2, -0.15) is 5.26 Å². The zero-order chi connectivity index (χ0) is 13.7. The lowest BCUT2D eigenvalue weighted by Gasteiger charge is -2.20. The van der Waals surface area contributed by atoms with Crippen molar-refractivity contribution >= 4 is 23.2 Å². The van der Waals surface area contributed by atoms with E-state index >= 15 is 0 Å². The summed E-state index contributed by atoms with van der Waals surface area (Å²) in [4.78, 5) is 13.7. The molecule has 1 rings (SSSR count). The zero-order valence-electron chi connectivity index (χ0n) is 10.3. The molecule has 0 spiro atoms. The smallest absolute Gasteiger partial charge is 0.255 e. The van der Waals surface area contributed by atoms with E-state index in [0.29, 0.717) is 22.8 Å². The topological polar surface area (TPSA) is 82.2 Å². The summed E-state index contributed by atoms with van der Waals surface area (Å²) in [5.41, 5.74) is 3.34. The van der Waals surface area contributed by atoms with E-state index in [4.69, 9.17) is 22.7 Å². The van der Waals surface area contributed by atoms with Crippen molar-refractivity contribution in [2.75, 3.05) is 19.0 Å². The van der Waals surface area contributed by atoms with Crippen LogP contribution in [0.15, 0.2) is 18.2 Å². The van der Waals surface area contributed by atoms with Crippen LogP contribution < -0.4 is 11.3 Å². The predicted octanol–water partition coefficient (Wildman–Crippen LogP) is 1.86. The van der Waals surface area contributed by atoms with Crippen molar-refractivity contribution in [1.82, 2.24) is 4.90 Å². The number of halogens is 1. The lowest BCUT2D eigenvalue weighted by atomic mass is 10.1. The van der Waals surface area contributed by atoms with E-state index in [1.54, 1.807) is 32.2 Å². The van der Waals surface area contributed by atoms with Crippen LogP contribution in [0, 0.1) is 17.2 Å². The van der Waals surface area contributed by atoms with Gasteiger partial charge in [-0.25, -0.2) is 0 Å². The van der Waals surface area contributed by atoms with Crippen LogP contribution in [-0.4, -0.2) is 24.4 Å². The number of rotatable bonds is 4. The summed E-state index contributed by atoms with van der Waals surface area (Å²) < 4.78 is 0. The molecule has 0 bridgehead atoms. The Kier molecular flexibility index (Phi) is 4.95. The molecule has 1 unspecified atom stereocenters. The highest BCUT2D eigenvalue weighted by Gasteiger charge is 2.17. The van der Waals surface area contributed by atoms with Crippen LogP contribution in [0.4, 0.5) is 5.69 Å². The van der Waals surface area contributed by atoms with Gasteiger partial charge in [-0.1, -0.05) is 11.6 Å². The monoisotopic (exact) mass is 266 g/mol. The third-order valence-corrected chi connectivity index (χ3v) is 2.72. The molecular weight excluding hydrogens is 252 g/mol. The fourth-order valence-corrected chi connectivity index (χ4v) is 1.73. The Hall–Kier alpha value is -1.77. The van der Waals surface area contributed by atoms with E-state index in [2.05, 4.69) is 11.5 Å². The van der Waals surface area contributed by atoms with E-state index in [9.17, 15) is 4.79 Å². The highest BCUT2D eigenvalue weighted by Crippen LogP contribution is 2.21. The molecule has 0 saturated carbocycles. The molecule has 1 aromatic carbocycles. The summed E-state index contributed by atoms with van der Waals surface area (Å²) in [6.07, 6.45) is 0. The Morgan fingerprint density at radius 1 is 1.67 bits per heavy atom. The van der Waals surface area contributed by atoms with Crippen molar-refractivity contribution in [1.29, 1.82) is 5.26 Å². The van der Waals surface area contributed by atoms with Gasteiger partial charge in [-0.3, -0.25) is 10.6 Å². The summed E-state index contributed by atoms with van der Waals surface area (Å²) in [5, 5.41) is 9.20. The second kappa shape index (κ2) is 6.24. The van der Waals surface area contributed by atoms with Crippen molar-refractivity contribution in [2.24, 2.45) is 11.8 Å². The number of hydrogen-bond donors (Lipinski definition) is 2. The molecule has 1 amide bonds. The van der Waals surface area contributed by atoms with Crippen LogP contribution in [-0.2, 0) is 0 Å². The molecule has 3 N–H and O–H groups in total. The predicted molar refractivity (Wildman–Crippen MR) is 71.0 cm³/mol. The fraction of sp³-hybridized carbons (Fsp3) is 0.333. The number of nitrogens with one attached hydrogen (secondary N) is 1. The summed E-state index contributed by atoms with van der Waals surface area (Å²) in [5.74, 6) is 4.89. The fourth-order valence-electron chi connectivity index (χ4n) is 1.56. The number of hydrazine groups is 1. The molecule has 0 aliphatic carbocycles. The SMILES string of the molecule is CC(C#N)CN(C)C(=O)c1cc(Cl)ccc1NN. The normalized spacial score (nSPS) is 11.5. The van der Waals surface area contributed by atoms with Gasteiger partial charge in [-0.05, 0) is 25.1 Å². The number of amides is 1. The minimum atomic E-state index is -0.229. The minimum Gasteiger partial charge on any atom is -0.340 e. The molecule has 0 aliphatic rings. The third-order valence-electron chi connectivity index (χ3n) is 2.48. The number of hydrogen-bond acceptors (Lipinski definition) is 4. The first kappa shape index (κ1) is 14.3. The average molecular weight is 267 g/mol. The van der Waals surface area contributed by atoms with Gasteiger partial charge in [0.15, 0.2) is 0 Å². The molecule has 0 saturated heterocycles. The average Bonchev–Trinajstić information content (AvgIpc) is 2.37. The van der Waals surface area contributed by atoms with Crippen LogP contribution in [0.25, 0.3) is 0 Å². The third kappa shape index (κ3) is 3.36. The number of nitrogens with two attached hydrogens (primary N) is 1. The second-order valence-electron chi connectivity index (χ2n) is 4.05. The molecule has 18 heavy (non-hydrogen) atoms. The van der Waals surface area contributed by atoms with Crippen molar-refractivity contribution < 1.29 is 4.79 Å². The zero-order valence-corrected chi connectivity index (χ0v) is 11.0. The van der Waals surface area contributed by atoms with Gasteiger partial charge in [0.25, 0.3) is 5.91 Å². The van der Waals surface area contributed by atoms with E-state index in [0.717, 1.165) is 0 Å². The maximum atomic E-state index is 12.2. The van der Waals surface area contributed by atoms with Crippen LogP contribution in [0.2, 0.25) is 5.02 Å². The number of nitrogens with zero attached hydrogens (tertiary/aromatic N) is 2. The summed E-state index contributed by atoms with van der Waals surface area (Å²) in [6, 6.07) is 6.91. The van der Waals surface area contributed by atoms with Crippen molar-refractivity contribution in [3.8, 4) is 6.07 Å². The summed E-state index contributed by atoms with van der Waals surface area (Å²) in [6.45, 7) is 2.11. The molecule has 1 atom stereocenters. The molecule has 1 aromatic rings. The molecule has 6 heteroatoms. The quantitative estimate of drug-likeness (QED) is 0.644. The molecule has 96 valence electrons. The number of anilines is 1. The van der Waals surface area contributed by atoms with Crippen LogP contribution in [0.5, 0.6) is 0 Å². The van der Waals surface area contributed by atoms with E-state index in [1.165, 1.54) is 4.90 Å². The maximum Gasteiger partial charge on any atom is 0.255 e. The van der Waals surface area contributed by atoms with Gasteiger partial charge in [0.05, 0.1) is 23.2 Å². The molecule has 0 aliphatic heterocycles. The first-order valence-corrected chi connectivity index (χ1v) is 5.78. The molecule has 0 heterocycles. The Morgan fingerprint density at radius 2 is 2.33 bits per heavy atom. The first-order valence-electron chi connectivity index (χ1n) is 5.40. The number of nitriles is 1. The first-order chi connectivity index (χ1) is 8.49. The van der Waals surface area contributed by atoms with Crippen LogP contribution in [0.3, 0.4) is 0 Å². The van der Waals surface area contributed by atoms with Gasteiger partial charge in [-0.15, -0.1) is 0 Å². The van der Waals surface area contributed by atoms with Crippen LogP contribution in [0.1, 0.15) is 17.3 Å². The van der Waals surface area contributed by atoms with Gasteiger partial charge in [0, 0.05) is 18.6 Å². The van der Waals surface area contributed by atoms with E-state index in [-0.39, 0.29) is 11.8 Å². The minimum absolute atomic E-state index is 0.229. The number of benzene rings is 1. The molecular formula is C12H15ClN4O. The number of carbonyl (C=O) groups is 1. The van der Waals surface area contributed by atoms with Gasteiger partial charge in [0.2, 0.25) is 0 Å². The van der Waals surface area contributed by atoms with Crippen LogP contribution >= 0.6 is 11.6 Å². The Balaban J connectivity index is 2.96. The van der Waals surface area contributed by atoms with Gasteiger partial charge >= 0.3 is 0 Å². The second-order valence-corrected chi connectivity index (χ2v) is 4.49. The highest BCUT2D eigenvalue weighted by molar-refractivity contribution is 6.31. The number of carbonyl (C=O) groups excluding carboxylic acids is 1. The molecule has 5 nitrogen and oxygen atoms in total. The van der Waals surface area contributed by atoms with Gasteiger partial charge < -0.3 is 10.3 Å². The maximum absolute atomic E-state index is 12.2. The number of nitrogen functional groups attached to an aromatic ring is 1. The van der Waals surface area contributed by atoms with E-state index < -0.39 is 0 Å². The highest BCUT2D eigenvalue weighted by atomic mass is 35.5. The Morgan fingerprint density at radius 3 is 2.89 bits per heavy atom. The lowest BCUT2D eigenvalue weighted by Crippen LogP contribution is -2.31. The lowest BCUT2D eigenvalue weighted by molar-refractivity contribution is 0.0786. The van der Waals surface area contributed by atoms with Crippen molar-refractivity contribution in [3.05, 3.63) is 28.8 Å².